The van der Waals surface area contributed by atoms with Gasteiger partial charge in [-0.15, -0.1) is 0 Å². The van der Waals surface area contributed by atoms with Gasteiger partial charge in [-0.2, -0.15) is 0 Å². The third-order valence-corrected chi connectivity index (χ3v) is 2.73. The number of rotatable bonds is 2. The average molecular weight is 214 g/mol. The molecule has 0 spiro atoms. The van der Waals surface area contributed by atoms with Crippen molar-refractivity contribution in [3.05, 3.63) is 0 Å². The highest BCUT2D eigenvalue weighted by Gasteiger charge is 2.30. The standard InChI is InChI=1S/C11H22N2O2/c1-8(2)15-11(14)13-7-5-4-6-10(13)9(3)12/h8-10H,4-7,12H2,1-3H3. The number of hydrogen-bond acceptors (Lipinski definition) is 3. The van der Waals surface area contributed by atoms with E-state index in [1.165, 1.54) is 0 Å². The Labute approximate surface area is 91.8 Å². The van der Waals surface area contributed by atoms with Crippen LogP contribution in [-0.2, 0) is 4.74 Å². The lowest BCUT2D eigenvalue weighted by Gasteiger charge is -2.37. The number of piperidine rings is 1. The minimum Gasteiger partial charge on any atom is -0.447 e. The van der Waals surface area contributed by atoms with Gasteiger partial charge in [0.15, 0.2) is 0 Å². The third-order valence-electron chi connectivity index (χ3n) is 2.73. The van der Waals surface area contributed by atoms with Gasteiger partial charge >= 0.3 is 6.09 Å². The molecular weight excluding hydrogens is 192 g/mol. The van der Waals surface area contributed by atoms with E-state index < -0.39 is 0 Å². The lowest BCUT2D eigenvalue weighted by Crippen LogP contribution is -2.52. The summed E-state index contributed by atoms with van der Waals surface area (Å²) in [6.45, 7) is 6.45. The Balaban J connectivity index is 2.59. The quantitative estimate of drug-likeness (QED) is 0.761. The molecule has 2 atom stereocenters. The molecule has 0 aliphatic carbocycles. The Morgan fingerprint density at radius 1 is 1.40 bits per heavy atom. The molecule has 2 N–H and O–H groups in total. The van der Waals surface area contributed by atoms with Crippen LogP contribution in [0.5, 0.6) is 0 Å². The molecule has 2 unspecified atom stereocenters. The molecule has 1 fully saturated rings. The van der Waals surface area contributed by atoms with Gasteiger partial charge in [0.1, 0.15) is 0 Å². The van der Waals surface area contributed by atoms with Gasteiger partial charge in [0.05, 0.1) is 6.10 Å². The smallest absolute Gasteiger partial charge is 0.410 e. The zero-order valence-electron chi connectivity index (χ0n) is 9.90. The maximum Gasteiger partial charge on any atom is 0.410 e. The molecule has 1 saturated heterocycles. The molecule has 88 valence electrons. The molecule has 4 nitrogen and oxygen atoms in total. The monoisotopic (exact) mass is 214 g/mol. The minimum absolute atomic E-state index is 0.0185. The van der Waals surface area contributed by atoms with E-state index in [4.69, 9.17) is 10.5 Å². The Morgan fingerprint density at radius 3 is 2.60 bits per heavy atom. The van der Waals surface area contributed by atoms with Crippen LogP contribution in [0.1, 0.15) is 40.0 Å². The highest BCUT2D eigenvalue weighted by atomic mass is 16.6. The first-order valence-corrected chi connectivity index (χ1v) is 5.75. The van der Waals surface area contributed by atoms with E-state index in [0.717, 1.165) is 25.8 Å². The molecule has 0 aromatic rings. The molecule has 0 aromatic heterocycles. The van der Waals surface area contributed by atoms with Gasteiger partial charge in [0, 0.05) is 18.6 Å². The SMILES string of the molecule is CC(C)OC(=O)N1CCCCC1C(C)N. The van der Waals surface area contributed by atoms with Crippen LogP contribution in [0.3, 0.4) is 0 Å². The predicted octanol–water partition coefficient (Wildman–Crippen LogP) is 1.73. The molecule has 0 radical (unpaired) electrons. The van der Waals surface area contributed by atoms with Crippen LogP contribution >= 0.6 is 0 Å². The van der Waals surface area contributed by atoms with Crippen molar-refractivity contribution in [2.24, 2.45) is 5.73 Å². The van der Waals surface area contributed by atoms with Crippen molar-refractivity contribution < 1.29 is 9.53 Å². The van der Waals surface area contributed by atoms with Gasteiger partial charge in [-0.3, -0.25) is 0 Å². The van der Waals surface area contributed by atoms with Crippen LogP contribution in [0.25, 0.3) is 0 Å². The lowest BCUT2D eigenvalue weighted by molar-refractivity contribution is 0.0486. The largest absolute Gasteiger partial charge is 0.447 e. The average Bonchev–Trinajstić information content (AvgIpc) is 2.16. The van der Waals surface area contributed by atoms with Crippen molar-refractivity contribution in [2.75, 3.05) is 6.54 Å². The molecule has 1 amide bonds. The van der Waals surface area contributed by atoms with Crippen LogP contribution in [0.15, 0.2) is 0 Å². The zero-order chi connectivity index (χ0) is 11.4. The molecule has 15 heavy (non-hydrogen) atoms. The van der Waals surface area contributed by atoms with E-state index in [9.17, 15) is 4.79 Å². The summed E-state index contributed by atoms with van der Waals surface area (Å²) >= 11 is 0. The molecule has 0 aromatic carbocycles. The number of likely N-dealkylation sites (tertiary alicyclic amines) is 1. The first-order valence-electron chi connectivity index (χ1n) is 5.75. The summed E-state index contributed by atoms with van der Waals surface area (Å²) in [7, 11) is 0. The van der Waals surface area contributed by atoms with Crippen LogP contribution in [0, 0.1) is 0 Å². The van der Waals surface area contributed by atoms with Gasteiger partial charge in [-0.05, 0) is 40.0 Å². The van der Waals surface area contributed by atoms with Crippen molar-refractivity contribution in [1.29, 1.82) is 0 Å². The molecule has 0 saturated carbocycles. The van der Waals surface area contributed by atoms with Crippen LogP contribution < -0.4 is 5.73 Å². The minimum atomic E-state index is -0.216. The summed E-state index contributed by atoms with van der Waals surface area (Å²) in [6, 6.07) is 0.162. The molecule has 1 rings (SSSR count). The van der Waals surface area contributed by atoms with E-state index in [1.54, 1.807) is 4.90 Å². The Hall–Kier alpha value is -0.770. The van der Waals surface area contributed by atoms with E-state index in [1.807, 2.05) is 20.8 Å². The second-order valence-electron chi connectivity index (χ2n) is 4.55. The van der Waals surface area contributed by atoms with Crippen molar-refractivity contribution in [2.45, 2.75) is 58.2 Å². The topological polar surface area (TPSA) is 55.6 Å². The fourth-order valence-corrected chi connectivity index (χ4v) is 2.00. The Kier molecular flexibility index (Phi) is 4.39. The van der Waals surface area contributed by atoms with Crippen molar-refractivity contribution >= 4 is 6.09 Å². The number of amides is 1. The van der Waals surface area contributed by atoms with Gasteiger partial charge in [0.2, 0.25) is 0 Å². The van der Waals surface area contributed by atoms with Crippen LogP contribution in [0.4, 0.5) is 4.79 Å². The van der Waals surface area contributed by atoms with Crippen molar-refractivity contribution in [3.63, 3.8) is 0 Å². The number of nitrogens with zero attached hydrogens (tertiary/aromatic N) is 1. The summed E-state index contributed by atoms with van der Waals surface area (Å²) in [4.78, 5) is 13.6. The molecular formula is C11H22N2O2. The maximum absolute atomic E-state index is 11.8. The van der Waals surface area contributed by atoms with E-state index in [0.29, 0.717) is 0 Å². The Morgan fingerprint density at radius 2 is 2.07 bits per heavy atom. The first-order chi connectivity index (χ1) is 7.02. The van der Waals surface area contributed by atoms with Gasteiger partial charge in [-0.25, -0.2) is 4.79 Å². The first kappa shape index (κ1) is 12.3. The third kappa shape index (κ3) is 3.38. The molecule has 4 heteroatoms. The summed E-state index contributed by atoms with van der Waals surface area (Å²) in [5.74, 6) is 0. The van der Waals surface area contributed by atoms with Crippen molar-refractivity contribution in [1.82, 2.24) is 4.90 Å². The molecule has 1 aliphatic rings. The lowest BCUT2D eigenvalue weighted by atomic mass is 9.97. The van der Waals surface area contributed by atoms with Gasteiger partial charge < -0.3 is 15.4 Å². The summed E-state index contributed by atoms with van der Waals surface area (Å²) in [6.07, 6.45) is 2.92. The van der Waals surface area contributed by atoms with Crippen LogP contribution in [0.2, 0.25) is 0 Å². The summed E-state index contributed by atoms with van der Waals surface area (Å²) in [5.41, 5.74) is 5.88. The van der Waals surface area contributed by atoms with Gasteiger partial charge in [-0.1, -0.05) is 0 Å². The molecule has 1 aliphatic heterocycles. The number of ether oxygens (including phenoxy) is 1. The fourth-order valence-electron chi connectivity index (χ4n) is 2.00. The number of hydrogen-bond donors (Lipinski definition) is 1. The van der Waals surface area contributed by atoms with E-state index >= 15 is 0 Å². The van der Waals surface area contributed by atoms with Crippen molar-refractivity contribution in [3.8, 4) is 0 Å². The van der Waals surface area contributed by atoms with Crippen LogP contribution in [-0.4, -0.2) is 35.7 Å². The predicted molar refractivity (Wildman–Crippen MR) is 59.6 cm³/mol. The Bertz CT molecular complexity index is 217. The fraction of sp³-hybridized carbons (Fsp3) is 0.909. The highest BCUT2D eigenvalue weighted by molar-refractivity contribution is 5.68. The van der Waals surface area contributed by atoms with E-state index in [-0.39, 0.29) is 24.3 Å². The number of nitrogens with two attached hydrogens (primary N) is 1. The summed E-state index contributed by atoms with van der Waals surface area (Å²) in [5, 5.41) is 0. The second-order valence-corrected chi connectivity index (χ2v) is 4.55. The van der Waals surface area contributed by atoms with Gasteiger partial charge in [0.25, 0.3) is 0 Å². The molecule has 1 heterocycles. The number of carbonyl (C=O) groups is 1. The zero-order valence-corrected chi connectivity index (χ0v) is 9.90. The molecule has 0 bridgehead atoms. The number of carbonyl (C=O) groups excluding carboxylic acids is 1. The van der Waals surface area contributed by atoms with E-state index in [2.05, 4.69) is 0 Å². The summed E-state index contributed by atoms with van der Waals surface area (Å²) < 4.78 is 5.20. The normalized spacial score (nSPS) is 24.1. The highest BCUT2D eigenvalue weighted by Crippen LogP contribution is 2.20. The second kappa shape index (κ2) is 5.35. The maximum atomic E-state index is 11.8.